The highest BCUT2D eigenvalue weighted by Gasteiger charge is 2.04. The van der Waals surface area contributed by atoms with E-state index < -0.39 is 0 Å². The zero-order chi connectivity index (χ0) is 17.2. The Labute approximate surface area is 154 Å². The molecule has 130 valence electrons. The molecule has 0 heterocycles. The minimum Gasteiger partial charge on any atom is -0.488 e. The van der Waals surface area contributed by atoms with Crippen LogP contribution in [0.2, 0.25) is 0 Å². The lowest BCUT2D eigenvalue weighted by Gasteiger charge is -2.18. The number of rotatable bonds is 10. The van der Waals surface area contributed by atoms with Gasteiger partial charge in [0.15, 0.2) is 0 Å². The average molecular weight is 391 g/mol. The Kier molecular flexibility index (Phi) is 8.29. The van der Waals surface area contributed by atoms with E-state index in [1.807, 2.05) is 24.3 Å². The zero-order valence-corrected chi connectivity index (χ0v) is 16.2. The summed E-state index contributed by atoms with van der Waals surface area (Å²) in [7, 11) is 0. The van der Waals surface area contributed by atoms with Gasteiger partial charge in [-0.2, -0.15) is 0 Å². The lowest BCUT2D eigenvalue weighted by Crippen LogP contribution is -2.31. The molecule has 0 bridgehead atoms. The van der Waals surface area contributed by atoms with Crippen molar-refractivity contribution in [1.82, 2.24) is 10.2 Å². The van der Waals surface area contributed by atoms with E-state index in [1.54, 1.807) is 0 Å². The van der Waals surface area contributed by atoms with Gasteiger partial charge >= 0.3 is 0 Å². The molecule has 2 rings (SSSR count). The van der Waals surface area contributed by atoms with Gasteiger partial charge in [-0.3, -0.25) is 0 Å². The standard InChI is InChI=1S/C20H27BrN2O/c1-3-23(4-2)13-12-22-15-18-10-11-20(19(21)14-18)24-16-17-8-6-5-7-9-17/h5-11,14,22H,3-4,12-13,15-16H2,1-2H3. The molecule has 0 atom stereocenters. The van der Waals surface area contributed by atoms with Gasteiger partial charge in [-0.1, -0.05) is 50.2 Å². The lowest BCUT2D eigenvalue weighted by atomic mass is 10.2. The summed E-state index contributed by atoms with van der Waals surface area (Å²) in [6.07, 6.45) is 0. The summed E-state index contributed by atoms with van der Waals surface area (Å²) >= 11 is 3.61. The minimum absolute atomic E-state index is 0.584. The van der Waals surface area contributed by atoms with Crippen molar-refractivity contribution in [2.45, 2.75) is 27.0 Å². The molecule has 0 aliphatic rings. The van der Waals surface area contributed by atoms with Crippen molar-refractivity contribution in [2.24, 2.45) is 0 Å². The molecule has 0 saturated heterocycles. The molecule has 0 unspecified atom stereocenters. The largest absolute Gasteiger partial charge is 0.488 e. The van der Waals surface area contributed by atoms with E-state index in [1.165, 1.54) is 11.1 Å². The average Bonchev–Trinajstić information content (AvgIpc) is 2.62. The van der Waals surface area contributed by atoms with Crippen molar-refractivity contribution in [3.63, 3.8) is 0 Å². The Morgan fingerprint density at radius 3 is 2.42 bits per heavy atom. The monoisotopic (exact) mass is 390 g/mol. The fourth-order valence-electron chi connectivity index (χ4n) is 2.52. The van der Waals surface area contributed by atoms with E-state index in [9.17, 15) is 0 Å². The first-order valence-electron chi connectivity index (χ1n) is 8.61. The predicted octanol–water partition coefficient (Wildman–Crippen LogP) is 4.46. The van der Waals surface area contributed by atoms with E-state index in [0.29, 0.717) is 6.61 Å². The molecule has 0 spiro atoms. The molecule has 0 aliphatic heterocycles. The Bertz CT molecular complexity index is 600. The van der Waals surface area contributed by atoms with Crippen molar-refractivity contribution in [3.8, 4) is 5.75 Å². The highest BCUT2D eigenvalue weighted by Crippen LogP contribution is 2.26. The van der Waals surface area contributed by atoms with Crippen LogP contribution >= 0.6 is 15.9 Å². The normalized spacial score (nSPS) is 11.0. The highest BCUT2D eigenvalue weighted by atomic mass is 79.9. The molecule has 24 heavy (non-hydrogen) atoms. The summed E-state index contributed by atoms with van der Waals surface area (Å²) in [6, 6.07) is 16.5. The molecule has 0 saturated carbocycles. The Hall–Kier alpha value is -1.36. The van der Waals surface area contributed by atoms with Crippen LogP contribution < -0.4 is 10.1 Å². The summed E-state index contributed by atoms with van der Waals surface area (Å²) in [6.45, 7) is 10.2. The van der Waals surface area contributed by atoms with Gasteiger partial charge in [0, 0.05) is 19.6 Å². The van der Waals surface area contributed by atoms with Gasteiger partial charge in [0.05, 0.1) is 4.47 Å². The zero-order valence-electron chi connectivity index (χ0n) is 14.6. The number of hydrogen-bond donors (Lipinski definition) is 1. The van der Waals surface area contributed by atoms with Crippen LogP contribution in [0.15, 0.2) is 53.0 Å². The second kappa shape index (κ2) is 10.5. The number of ether oxygens (including phenoxy) is 1. The number of nitrogens with one attached hydrogen (secondary N) is 1. The summed E-state index contributed by atoms with van der Waals surface area (Å²) in [5.74, 6) is 0.880. The molecule has 0 aliphatic carbocycles. The fraction of sp³-hybridized carbons (Fsp3) is 0.400. The molecule has 1 N–H and O–H groups in total. The Balaban J connectivity index is 1.79. The van der Waals surface area contributed by atoms with Crippen LogP contribution in [0.1, 0.15) is 25.0 Å². The van der Waals surface area contributed by atoms with Crippen LogP contribution in [0.25, 0.3) is 0 Å². The summed E-state index contributed by atoms with van der Waals surface area (Å²) < 4.78 is 6.89. The number of hydrogen-bond acceptors (Lipinski definition) is 3. The summed E-state index contributed by atoms with van der Waals surface area (Å²) in [4.78, 5) is 2.42. The minimum atomic E-state index is 0.584. The molecule has 4 heteroatoms. The fourth-order valence-corrected chi connectivity index (χ4v) is 3.06. The van der Waals surface area contributed by atoms with E-state index in [2.05, 4.69) is 64.3 Å². The van der Waals surface area contributed by atoms with E-state index in [4.69, 9.17) is 4.74 Å². The molecule has 0 fully saturated rings. The predicted molar refractivity (Wildman–Crippen MR) is 104 cm³/mol. The number of likely N-dealkylation sites (N-methyl/N-ethyl adjacent to an activating group) is 1. The quantitative estimate of drug-likeness (QED) is 0.606. The molecule has 3 nitrogen and oxygen atoms in total. The molecule has 0 radical (unpaired) electrons. The number of benzene rings is 2. The maximum Gasteiger partial charge on any atom is 0.134 e. The Morgan fingerprint density at radius 2 is 1.75 bits per heavy atom. The van der Waals surface area contributed by atoms with Gasteiger partial charge in [0.1, 0.15) is 12.4 Å². The molecular weight excluding hydrogens is 364 g/mol. The van der Waals surface area contributed by atoms with E-state index in [0.717, 1.165) is 42.9 Å². The number of halogens is 1. The highest BCUT2D eigenvalue weighted by molar-refractivity contribution is 9.10. The van der Waals surface area contributed by atoms with Crippen LogP contribution in [0.4, 0.5) is 0 Å². The molecule has 0 amide bonds. The third-order valence-electron chi connectivity index (χ3n) is 4.06. The van der Waals surface area contributed by atoms with Gasteiger partial charge < -0.3 is 15.0 Å². The first-order valence-corrected chi connectivity index (χ1v) is 9.40. The van der Waals surface area contributed by atoms with E-state index in [-0.39, 0.29) is 0 Å². The summed E-state index contributed by atoms with van der Waals surface area (Å²) in [5, 5.41) is 3.50. The number of nitrogens with zero attached hydrogens (tertiary/aromatic N) is 1. The van der Waals surface area contributed by atoms with Gasteiger partial charge in [0.25, 0.3) is 0 Å². The SMILES string of the molecule is CCN(CC)CCNCc1ccc(OCc2ccccc2)c(Br)c1. The smallest absolute Gasteiger partial charge is 0.134 e. The second-order valence-electron chi connectivity index (χ2n) is 5.74. The van der Waals surface area contributed by atoms with Gasteiger partial charge in [-0.25, -0.2) is 0 Å². The van der Waals surface area contributed by atoms with Crippen molar-refractivity contribution in [2.75, 3.05) is 26.2 Å². The maximum absolute atomic E-state index is 5.89. The third kappa shape index (κ3) is 6.27. The first-order chi connectivity index (χ1) is 11.7. The molecule has 0 aromatic heterocycles. The lowest BCUT2D eigenvalue weighted by molar-refractivity contribution is 0.301. The topological polar surface area (TPSA) is 24.5 Å². The molecule has 2 aromatic rings. The van der Waals surface area contributed by atoms with Gasteiger partial charge in [0.2, 0.25) is 0 Å². The van der Waals surface area contributed by atoms with Gasteiger partial charge in [-0.15, -0.1) is 0 Å². The molecular formula is C20H27BrN2O. The first kappa shape index (κ1) is 19.0. The summed E-state index contributed by atoms with van der Waals surface area (Å²) in [5.41, 5.74) is 2.43. The molecule has 2 aromatic carbocycles. The van der Waals surface area contributed by atoms with Crippen LogP contribution in [0, 0.1) is 0 Å². The van der Waals surface area contributed by atoms with Crippen LogP contribution in [0.5, 0.6) is 5.75 Å². The van der Waals surface area contributed by atoms with Crippen LogP contribution in [-0.2, 0) is 13.2 Å². The van der Waals surface area contributed by atoms with Crippen LogP contribution in [-0.4, -0.2) is 31.1 Å². The van der Waals surface area contributed by atoms with Crippen molar-refractivity contribution < 1.29 is 4.74 Å². The third-order valence-corrected chi connectivity index (χ3v) is 4.68. The van der Waals surface area contributed by atoms with Crippen molar-refractivity contribution in [3.05, 3.63) is 64.1 Å². The van der Waals surface area contributed by atoms with Gasteiger partial charge in [-0.05, 0) is 52.3 Å². The second-order valence-corrected chi connectivity index (χ2v) is 6.60. The van der Waals surface area contributed by atoms with Crippen LogP contribution in [0.3, 0.4) is 0 Å². The van der Waals surface area contributed by atoms with E-state index >= 15 is 0 Å². The Morgan fingerprint density at radius 1 is 1.00 bits per heavy atom. The van der Waals surface area contributed by atoms with Crippen molar-refractivity contribution >= 4 is 15.9 Å². The van der Waals surface area contributed by atoms with Crippen molar-refractivity contribution in [1.29, 1.82) is 0 Å². The maximum atomic E-state index is 5.89.